The largest absolute Gasteiger partial charge is 0.388 e. The molecule has 1 N–H and O–H groups in total. The highest BCUT2D eigenvalue weighted by Crippen LogP contribution is 2.22. The Morgan fingerprint density at radius 2 is 2.21 bits per heavy atom. The van der Waals surface area contributed by atoms with Crippen LogP contribution in [0.25, 0.3) is 0 Å². The summed E-state index contributed by atoms with van der Waals surface area (Å²) in [5.74, 6) is 0.971. The minimum Gasteiger partial charge on any atom is -0.388 e. The summed E-state index contributed by atoms with van der Waals surface area (Å²) in [6, 6.07) is 6.52. The first-order valence-corrected chi connectivity index (χ1v) is 7.13. The van der Waals surface area contributed by atoms with Gasteiger partial charge in [-0.05, 0) is 24.1 Å². The minimum atomic E-state index is -0.232. The number of hydrogen-bond donors (Lipinski definition) is 1. The third-order valence-corrected chi connectivity index (χ3v) is 3.68. The number of rotatable bonds is 6. The van der Waals surface area contributed by atoms with E-state index in [1.165, 1.54) is 23.9 Å². The molecule has 0 atom stereocenters. The molecule has 1 aromatic heterocycles. The van der Waals surface area contributed by atoms with Gasteiger partial charge < -0.3 is 9.67 Å². The van der Waals surface area contributed by atoms with E-state index < -0.39 is 0 Å². The molecule has 6 heteroatoms. The Morgan fingerprint density at radius 1 is 1.37 bits per heavy atom. The SMILES string of the molecule is CCCn1c(CO)nnc1SCc1cccc(F)c1. The Bertz CT molecular complexity index is 544. The average Bonchev–Trinajstić information content (AvgIpc) is 2.79. The fourth-order valence-electron chi connectivity index (χ4n) is 1.77. The summed E-state index contributed by atoms with van der Waals surface area (Å²) in [6.45, 7) is 2.71. The number of halogens is 1. The van der Waals surface area contributed by atoms with Crippen molar-refractivity contribution in [2.75, 3.05) is 0 Å². The van der Waals surface area contributed by atoms with E-state index in [-0.39, 0.29) is 12.4 Å². The van der Waals surface area contributed by atoms with Crippen LogP contribution in [0, 0.1) is 5.82 Å². The third kappa shape index (κ3) is 3.54. The molecular formula is C13H16FN3OS. The summed E-state index contributed by atoms with van der Waals surface area (Å²) in [5, 5.41) is 18.0. The minimum absolute atomic E-state index is 0.118. The number of aliphatic hydroxyl groups excluding tert-OH is 1. The first kappa shape index (κ1) is 14.0. The summed E-state index contributed by atoms with van der Waals surface area (Å²) in [7, 11) is 0. The van der Waals surface area contributed by atoms with E-state index in [4.69, 9.17) is 0 Å². The molecule has 0 spiro atoms. The van der Waals surface area contributed by atoms with Crippen molar-refractivity contribution in [2.24, 2.45) is 0 Å². The van der Waals surface area contributed by atoms with Crippen LogP contribution in [0.4, 0.5) is 4.39 Å². The molecule has 102 valence electrons. The van der Waals surface area contributed by atoms with E-state index in [2.05, 4.69) is 17.1 Å². The smallest absolute Gasteiger partial charge is 0.191 e. The maximum atomic E-state index is 13.1. The fraction of sp³-hybridized carbons (Fsp3) is 0.385. The van der Waals surface area contributed by atoms with Gasteiger partial charge in [-0.15, -0.1) is 10.2 Å². The molecule has 0 unspecified atom stereocenters. The van der Waals surface area contributed by atoms with Crippen molar-refractivity contribution in [1.82, 2.24) is 14.8 Å². The van der Waals surface area contributed by atoms with Crippen molar-refractivity contribution in [3.8, 4) is 0 Å². The lowest BCUT2D eigenvalue weighted by Gasteiger charge is -2.07. The maximum absolute atomic E-state index is 13.1. The van der Waals surface area contributed by atoms with Crippen molar-refractivity contribution in [3.63, 3.8) is 0 Å². The molecule has 2 rings (SSSR count). The highest BCUT2D eigenvalue weighted by molar-refractivity contribution is 7.98. The van der Waals surface area contributed by atoms with Crippen LogP contribution in [0.2, 0.25) is 0 Å². The van der Waals surface area contributed by atoms with Crippen molar-refractivity contribution in [2.45, 2.75) is 37.4 Å². The molecule has 0 fully saturated rings. The quantitative estimate of drug-likeness (QED) is 0.827. The van der Waals surface area contributed by atoms with Gasteiger partial charge in [0.1, 0.15) is 12.4 Å². The van der Waals surface area contributed by atoms with Crippen LogP contribution in [0.1, 0.15) is 24.7 Å². The molecule has 0 saturated heterocycles. The van der Waals surface area contributed by atoms with Crippen molar-refractivity contribution in [3.05, 3.63) is 41.5 Å². The second-order valence-electron chi connectivity index (χ2n) is 4.13. The Labute approximate surface area is 115 Å². The molecular weight excluding hydrogens is 265 g/mol. The van der Waals surface area contributed by atoms with Crippen LogP contribution in [0.5, 0.6) is 0 Å². The third-order valence-electron chi connectivity index (χ3n) is 2.64. The van der Waals surface area contributed by atoms with Crippen LogP contribution in [0.3, 0.4) is 0 Å². The summed E-state index contributed by atoms with van der Waals surface area (Å²) in [6.07, 6.45) is 0.943. The van der Waals surface area contributed by atoms with Crippen molar-refractivity contribution < 1.29 is 9.50 Å². The Kier molecular flexibility index (Phi) is 4.93. The molecule has 0 bridgehead atoms. The molecule has 0 radical (unpaired) electrons. The maximum Gasteiger partial charge on any atom is 0.191 e. The van der Waals surface area contributed by atoms with Gasteiger partial charge in [-0.25, -0.2) is 4.39 Å². The van der Waals surface area contributed by atoms with Crippen LogP contribution in [-0.2, 0) is 18.9 Å². The second kappa shape index (κ2) is 6.68. The standard InChI is InChI=1S/C13H16FN3OS/c1-2-6-17-12(8-18)15-16-13(17)19-9-10-4-3-5-11(14)7-10/h3-5,7,18H,2,6,8-9H2,1H3. The summed E-state index contributed by atoms with van der Waals surface area (Å²) in [4.78, 5) is 0. The Morgan fingerprint density at radius 3 is 2.89 bits per heavy atom. The van der Waals surface area contributed by atoms with E-state index in [1.54, 1.807) is 6.07 Å². The molecule has 1 heterocycles. The van der Waals surface area contributed by atoms with Gasteiger partial charge in [0.25, 0.3) is 0 Å². The van der Waals surface area contributed by atoms with Gasteiger partial charge in [-0.2, -0.15) is 0 Å². The Balaban J connectivity index is 2.08. The van der Waals surface area contributed by atoms with Gasteiger partial charge in [0, 0.05) is 12.3 Å². The molecule has 0 saturated carbocycles. The number of aromatic nitrogens is 3. The molecule has 19 heavy (non-hydrogen) atoms. The van der Waals surface area contributed by atoms with E-state index in [9.17, 15) is 9.50 Å². The predicted molar refractivity (Wildman–Crippen MR) is 72.2 cm³/mol. The van der Waals surface area contributed by atoms with Gasteiger partial charge in [-0.3, -0.25) is 0 Å². The summed E-state index contributed by atoms with van der Waals surface area (Å²) < 4.78 is 15.0. The monoisotopic (exact) mass is 281 g/mol. The first-order chi connectivity index (χ1) is 9.24. The van der Waals surface area contributed by atoms with Crippen LogP contribution in [0.15, 0.2) is 29.4 Å². The van der Waals surface area contributed by atoms with Crippen LogP contribution in [-0.4, -0.2) is 19.9 Å². The summed E-state index contributed by atoms with van der Waals surface area (Å²) >= 11 is 1.50. The van der Waals surface area contributed by atoms with Crippen LogP contribution < -0.4 is 0 Å². The highest BCUT2D eigenvalue weighted by Gasteiger charge is 2.11. The van der Waals surface area contributed by atoms with Gasteiger partial charge in [0.15, 0.2) is 11.0 Å². The van der Waals surface area contributed by atoms with Gasteiger partial charge in [0.05, 0.1) is 0 Å². The van der Waals surface area contributed by atoms with Crippen LogP contribution >= 0.6 is 11.8 Å². The van der Waals surface area contributed by atoms with E-state index in [1.807, 2.05) is 10.6 Å². The number of hydrogen-bond acceptors (Lipinski definition) is 4. The summed E-state index contributed by atoms with van der Waals surface area (Å²) in [5.41, 5.74) is 0.904. The molecule has 0 amide bonds. The molecule has 0 aliphatic rings. The van der Waals surface area contributed by atoms with Gasteiger partial charge >= 0.3 is 0 Å². The molecule has 0 aliphatic carbocycles. The molecule has 0 aliphatic heterocycles. The number of aliphatic hydroxyl groups is 1. The van der Waals surface area contributed by atoms with Crippen molar-refractivity contribution in [1.29, 1.82) is 0 Å². The normalized spacial score (nSPS) is 10.9. The van der Waals surface area contributed by atoms with E-state index in [0.29, 0.717) is 11.6 Å². The molecule has 4 nitrogen and oxygen atoms in total. The van der Waals surface area contributed by atoms with Gasteiger partial charge in [0.2, 0.25) is 0 Å². The number of benzene rings is 1. The lowest BCUT2D eigenvalue weighted by Crippen LogP contribution is -2.04. The highest BCUT2D eigenvalue weighted by atomic mass is 32.2. The zero-order valence-electron chi connectivity index (χ0n) is 10.7. The van der Waals surface area contributed by atoms with E-state index in [0.717, 1.165) is 23.7 Å². The van der Waals surface area contributed by atoms with Gasteiger partial charge in [-0.1, -0.05) is 30.8 Å². The second-order valence-corrected chi connectivity index (χ2v) is 5.07. The lowest BCUT2D eigenvalue weighted by atomic mass is 10.2. The lowest BCUT2D eigenvalue weighted by molar-refractivity contribution is 0.263. The molecule has 2 aromatic rings. The van der Waals surface area contributed by atoms with E-state index >= 15 is 0 Å². The zero-order valence-corrected chi connectivity index (χ0v) is 11.5. The fourth-order valence-corrected chi connectivity index (χ4v) is 2.69. The van der Waals surface area contributed by atoms with Crippen molar-refractivity contribution >= 4 is 11.8 Å². The average molecular weight is 281 g/mol. The topological polar surface area (TPSA) is 50.9 Å². The number of nitrogens with zero attached hydrogens (tertiary/aromatic N) is 3. The zero-order chi connectivity index (χ0) is 13.7. The first-order valence-electron chi connectivity index (χ1n) is 6.14. The Hall–Kier alpha value is -1.40. The molecule has 1 aromatic carbocycles. The predicted octanol–water partition coefficient (Wildman–Crippen LogP) is 2.61. The number of thioether (sulfide) groups is 1.